The minimum absolute atomic E-state index is 0.125. The molecule has 2 amide bonds. The van der Waals surface area contributed by atoms with E-state index in [1.165, 1.54) is 6.26 Å². The molecular formula is C13H13N3O4. The van der Waals surface area contributed by atoms with Crippen LogP contribution in [0.15, 0.2) is 41.1 Å². The summed E-state index contributed by atoms with van der Waals surface area (Å²) in [6, 6.07) is 9.25. The molecule has 1 aromatic carbocycles. The van der Waals surface area contributed by atoms with Crippen LogP contribution in [0.3, 0.4) is 0 Å². The van der Waals surface area contributed by atoms with E-state index in [1.54, 1.807) is 0 Å². The van der Waals surface area contributed by atoms with Gasteiger partial charge in [0.15, 0.2) is 5.69 Å². The van der Waals surface area contributed by atoms with Gasteiger partial charge >= 0.3 is 6.09 Å². The first-order valence-corrected chi connectivity index (χ1v) is 5.93. The predicted molar refractivity (Wildman–Crippen MR) is 70.3 cm³/mol. The maximum atomic E-state index is 11.9. The van der Waals surface area contributed by atoms with Gasteiger partial charge in [-0.05, 0) is 5.56 Å². The van der Waals surface area contributed by atoms with E-state index in [0.29, 0.717) is 5.56 Å². The van der Waals surface area contributed by atoms with Gasteiger partial charge in [0.25, 0.3) is 5.91 Å². The Bertz CT molecular complexity index is 595. The minimum Gasteiger partial charge on any atom is -0.465 e. The summed E-state index contributed by atoms with van der Waals surface area (Å²) >= 11 is 0. The first-order chi connectivity index (χ1) is 9.68. The number of rotatable bonds is 5. The molecule has 0 spiro atoms. The summed E-state index contributed by atoms with van der Waals surface area (Å²) in [6.45, 7) is 0.297. The van der Waals surface area contributed by atoms with E-state index in [2.05, 4.69) is 15.8 Å². The number of aromatic nitrogens is 1. The van der Waals surface area contributed by atoms with Gasteiger partial charge in [-0.25, -0.2) is 4.79 Å². The van der Waals surface area contributed by atoms with Crippen molar-refractivity contribution in [3.05, 3.63) is 42.3 Å². The van der Waals surface area contributed by atoms with Crippen molar-refractivity contribution < 1.29 is 19.2 Å². The van der Waals surface area contributed by atoms with Crippen LogP contribution in [0.2, 0.25) is 0 Å². The maximum Gasteiger partial charge on any atom is 0.404 e. The van der Waals surface area contributed by atoms with Gasteiger partial charge in [0, 0.05) is 13.1 Å². The average molecular weight is 275 g/mol. The number of amides is 2. The van der Waals surface area contributed by atoms with Gasteiger partial charge in [-0.3, -0.25) is 4.79 Å². The zero-order valence-electron chi connectivity index (χ0n) is 10.5. The van der Waals surface area contributed by atoms with Crippen molar-refractivity contribution in [1.29, 1.82) is 0 Å². The average Bonchev–Trinajstić information content (AvgIpc) is 2.93. The topological polar surface area (TPSA) is 104 Å². The Balaban J connectivity index is 2.01. The fourth-order valence-corrected chi connectivity index (χ4v) is 1.65. The summed E-state index contributed by atoms with van der Waals surface area (Å²) in [5.74, 6) is -0.412. The van der Waals surface area contributed by atoms with Gasteiger partial charge < -0.3 is 20.3 Å². The van der Waals surface area contributed by atoms with Crippen molar-refractivity contribution in [3.8, 4) is 11.1 Å². The highest BCUT2D eigenvalue weighted by Crippen LogP contribution is 2.22. The van der Waals surface area contributed by atoms with E-state index in [4.69, 9.17) is 9.63 Å². The molecule has 0 aliphatic carbocycles. The molecule has 0 bridgehead atoms. The molecule has 7 heteroatoms. The summed E-state index contributed by atoms with van der Waals surface area (Å²) in [6.07, 6.45) is 0.269. The molecule has 0 atom stereocenters. The maximum absolute atomic E-state index is 11.9. The lowest BCUT2D eigenvalue weighted by Crippen LogP contribution is -2.34. The molecule has 0 aliphatic rings. The van der Waals surface area contributed by atoms with E-state index in [1.807, 2.05) is 30.3 Å². The van der Waals surface area contributed by atoms with E-state index in [9.17, 15) is 9.59 Å². The summed E-state index contributed by atoms with van der Waals surface area (Å²) < 4.78 is 4.85. The molecule has 20 heavy (non-hydrogen) atoms. The van der Waals surface area contributed by atoms with Crippen molar-refractivity contribution in [2.24, 2.45) is 0 Å². The van der Waals surface area contributed by atoms with Crippen LogP contribution >= 0.6 is 0 Å². The third kappa shape index (κ3) is 3.35. The van der Waals surface area contributed by atoms with Crippen LogP contribution in [-0.2, 0) is 0 Å². The highest BCUT2D eigenvalue weighted by atomic mass is 16.5. The Morgan fingerprint density at radius 1 is 1.15 bits per heavy atom. The number of nitrogens with zero attached hydrogens (tertiary/aromatic N) is 1. The fourth-order valence-electron chi connectivity index (χ4n) is 1.65. The normalized spacial score (nSPS) is 10.0. The molecule has 0 aliphatic heterocycles. The quantitative estimate of drug-likeness (QED) is 0.714. The van der Waals surface area contributed by atoms with Crippen molar-refractivity contribution >= 4 is 12.0 Å². The second kappa shape index (κ2) is 6.37. The van der Waals surface area contributed by atoms with Gasteiger partial charge in [-0.2, -0.15) is 0 Å². The van der Waals surface area contributed by atoms with Gasteiger partial charge in [-0.15, -0.1) is 0 Å². The molecule has 2 aromatic rings. The number of carboxylic acid groups (broad SMARTS) is 1. The van der Waals surface area contributed by atoms with Crippen LogP contribution in [0.25, 0.3) is 11.1 Å². The summed E-state index contributed by atoms with van der Waals surface area (Å²) in [5.41, 5.74) is 1.59. The summed E-state index contributed by atoms with van der Waals surface area (Å²) in [4.78, 5) is 22.2. The number of hydrogen-bond acceptors (Lipinski definition) is 4. The lowest BCUT2D eigenvalue weighted by atomic mass is 10.1. The number of hydrogen-bond donors (Lipinski definition) is 3. The zero-order chi connectivity index (χ0) is 14.4. The highest BCUT2D eigenvalue weighted by molar-refractivity contribution is 5.98. The van der Waals surface area contributed by atoms with Crippen molar-refractivity contribution in [1.82, 2.24) is 15.8 Å². The Morgan fingerprint density at radius 3 is 2.55 bits per heavy atom. The van der Waals surface area contributed by atoms with Crippen LogP contribution in [0.5, 0.6) is 0 Å². The molecule has 3 N–H and O–H groups in total. The predicted octanol–water partition coefficient (Wildman–Crippen LogP) is 1.34. The van der Waals surface area contributed by atoms with Crippen LogP contribution in [-0.4, -0.2) is 35.4 Å². The smallest absolute Gasteiger partial charge is 0.404 e. The summed E-state index contributed by atoms with van der Waals surface area (Å²) in [5, 5.41) is 16.8. The molecule has 0 unspecified atom stereocenters. The Hall–Kier alpha value is -2.83. The van der Waals surface area contributed by atoms with E-state index >= 15 is 0 Å². The molecule has 1 heterocycles. The van der Waals surface area contributed by atoms with Crippen LogP contribution in [0, 0.1) is 0 Å². The molecule has 2 rings (SSSR count). The molecular weight excluding hydrogens is 262 g/mol. The van der Waals surface area contributed by atoms with Crippen LogP contribution in [0.4, 0.5) is 4.79 Å². The third-order valence-electron chi connectivity index (χ3n) is 2.56. The van der Waals surface area contributed by atoms with Gasteiger partial charge in [0.1, 0.15) is 6.26 Å². The lowest BCUT2D eigenvalue weighted by Gasteiger charge is -2.04. The molecule has 0 fully saturated rings. The van der Waals surface area contributed by atoms with E-state index in [-0.39, 0.29) is 18.8 Å². The first-order valence-electron chi connectivity index (χ1n) is 5.93. The monoisotopic (exact) mass is 275 g/mol. The second-order valence-corrected chi connectivity index (χ2v) is 3.93. The van der Waals surface area contributed by atoms with Crippen LogP contribution in [0.1, 0.15) is 10.5 Å². The van der Waals surface area contributed by atoms with Crippen molar-refractivity contribution in [2.45, 2.75) is 0 Å². The molecule has 0 saturated heterocycles. The number of carbonyl (C=O) groups excluding carboxylic acids is 1. The van der Waals surface area contributed by atoms with Gasteiger partial charge in [0.2, 0.25) is 0 Å². The van der Waals surface area contributed by atoms with Crippen molar-refractivity contribution in [3.63, 3.8) is 0 Å². The van der Waals surface area contributed by atoms with Gasteiger partial charge in [-0.1, -0.05) is 35.5 Å². The molecule has 104 valence electrons. The summed E-state index contributed by atoms with van der Waals surface area (Å²) in [7, 11) is 0. The Morgan fingerprint density at radius 2 is 1.85 bits per heavy atom. The number of carbonyl (C=O) groups is 2. The lowest BCUT2D eigenvalue weighted by molar-refractivity contribution is 0.0944. The second-order valence-electron chi connectivity index (χ2n) is 3.93. The van der Waals surface area contributed by atoms with E-state index in [0.717, 1.165) is 5.56 Å². The SMILES string of the molecule is O=C(O)NCCNC(=O)c1nocc1-c1ccccc1. The molecule has 1 aromatic heterocycles. The molecule has 7 nitrogen and oxygen atoms in total. The third-order valence-corrected chi connectivity index (χ3v) is 2.56. The minimum atomic E-state index is -1.13. The largest absolute Gasteiger partial charge is 0.465 e. The highest BCUT2D eigenvalue weighted by Gasteiger charge is 2.17. The Labute approximate surface area is 114 Å². The van der Waals surface area contributed by atoms with Crippen LogP contribution < -0.4 is 10.6 Å². The molecule has 0 radical (unpaired) electrons. The number of nitrogens with one attached hydrogen (secondary N) is 2. The Kier molecular flexibility index (Phi) is 4.33. The number of benzene rings is 1. The van der Waals surface area contributed by atoms with Crippen molar-refractivity contribution in [2.75, 3.05) is 13.1 Å². The molecule has 0 saturated carbocycles. The zero-order valence-corrected chi connectivity index (χ0v) is 10.5. The van der Waals surface area contributed by atoms with E-state index < -0.39 is 12.0 Å². The first kappa shape index (κ1) is 13.6. The fraction of sp³-hybridized carbons (Fsp3) is 0.154. The standard InChI is InChI=1S/C13H13N3O4/c17-12(14-6-7-15-13(18)19)11-10(8-20-16-11)9-4-2-1-3-5-9/h1-5,8,15H,6-7H2,(H,14,17)(H,18,19). The van der Waals surface area contributed by atoms with Gasteiger partial charge in [0.05, 0.1) is 5.56 Å².